The summed E-state index contributed by atoms with van der Waals surface area (Å²) < 4.78 is 95.1. The van der Waals surface area contributed by atoms with Gasteiger partial charge < -0.3 is 48.9 Å². The Hall–Kier alpha value is -7.62. The second kappa shape index (κ2) is 26.8. The Bertz CT molecular complexity index is 3270. The van der Waals surface area contributed by atoms with Crippen molar-refractivity contribution >= 4 is 52.1 Å². The molecule has 3 amide bonds. The van der Waals surface area contributed by atoms with Crippen LogP contribution in [0.1, 0.15) is 43.0 Å². The highest BCUT2D eigenvalue weighted by molar-refractivity contribution is 7.92. The molecule has 0 radical (unpaired) electrons. The molecule has 6 aromatic rings. The Labute approximate surface area is 473 Å². The third kappa shape index (κ3) is 16.1. The van der Waals surface area contributed by atoms with E-state index in [1.807, 2.05) is 57.0 Å². The molecule has 26 heteroatoms. The van der Waals surface area contributed by atoms with E-state index in [0.29, 0.717) is 28.4 Å². The van der Waals surface area contributed by atoms with Crippen molar-refractivity contribution in [3.8, 4) is 28.6 Å². The minimum atomic E-state index is -5.05. The molecule has 1 fully saturated rings. The SMILES string of the molecule is COc1ccc(CN(Cc2ccc(OC)cc2)S(=O)(=O)c2c(S(=O)(=O)NC[C@@H](CNC(=O)O)O[Si](C)(C)C(C)(C)C)ccc(N3CCN(C(=O)CNC(=O)OCc4ccccc4)CC3)c2-c2nnn(Cc3ccc(OC)cc3)n2)cc1. The van der Waals surface area contributed by atoms with Crippen molar-refractivity contribution in [2.45, 2.75) is 81.0 Å². The van der Waals surface area contributed by atoms with Gasteiger partial charge in [-0.3, -0.25) is 4.79 Å². The molecule has 1 aromatic heterocycles. The Kier molecular flexibility index (Phi) is 20.2. The van der Waals surface area contributed by atoms with Gasteiger partial charge in [0, 0.05) is 58.0 Å². The summed E-state index contributed by atoms with van der Waals surface area (Å²) in [6.45, 7) is 8.76. The maximum atomic E-state index is 16.3. The number of aromatic nitrogens is 4. The summed E-state index contributed by atoms with van der Waals surface area (Å²) in [5.41, 5.74) is 2.60. The molecule has 2 heterocycles. The minimum Gasteiger partial charge on any atom is -0.497 e. The number of sulfonamides is 2. The van der Waals surface area contributed by atoms with Gasteiger partial charge in [-0.1, -0.05) is 87.5 Å². The van der Waals surface area contributed by atoms with E-state index in [2.05, 4.69) is 25.7 Å². The molecule has 1 atom stereocenters. The highest BCUT2D eigenvalue weighted by Crippen LogP contribution is 2.42. The number of carbonyl (C=O) groups excluding carboxylic acids is 2. The summed E-state index contributed by atoms with van der Waals surface area (Å²) in [4.78, 5) is 41.3. The molecule has 0 spiro atoms. The molecule has 0 aliphatic carbocycles. The lowest BCUT2D eigenvalue weighted by Gasteiger charge is -2.39. The maximum Gasteiger partial charge on any atom is 0.407 e. The number of nitrogens with zero attached hydrogens (tertiary/aromatic N) is 7. The lowest BCUT2D eigenvalue weighted by Crippen LogP contribution is -2.51. The van der Waals surface area contributed by atoms with Crippen LogP contribution in [0.4, 0.5) is 15.3 Å². The molecule has 7 rings (SSSR count). The van der Waals surface area contributed by atoms with E-state index in [9.17, 15) is 19.5 Å². The van der Waals surface area contributed by atoms with E-state index < -0.39 is 68.9 Å². The molecule has 1 aliphatic rings. The quantitative estimate of drug-likeness (QED) is 0.0457. The minimum absolute atomic E-state index is 0.0109. The predicted octanol–water partition coefficient (Wildman–Crippen LogP) is 6.32. The largest absolute Gasteiger partial charge is 0.497 e. The van der Waals surface area contributed by atoms with Crippen molar-refractivity contribution in [3.05, 3.63) is 138 Å². The molecule has 4 N–H and O–H groups in total. The summed E-state index contributed by atoms with van der Waals surface area (Å²) in [6, 6.07) is 32.4. The number of carbonyl (C=O) groups is 3. The number of rotatable bonds is 25. The smallest absolute Gasteiger partial charge is 0.407 e. The number of hydrogen-bond acceptors (Lipinski definition) is 16. The average molecular weight is 1170 g/mol. The molecular formula is C55H70N10O13S2Si. The standard InChI is InChI=1S/C55H70N10O13S2Si/c1-55(2,3)81(7,8)78-46(32-56-53(67)68)33-58-79(70,71)48-27-26-47(62-28-30-63(31-29-62)49(66)34-57-54(69)77-38-42-12-10-9-11-13-42)50(52-59-61-65(60-52)37-41-18-24-45(76-6)25-19-41)51(48)80(72,73)64(35-39-14-20-43(74-4)21-15-39)36-40-16-22-44(75-5)23-17-40/h9-27,46,56,58H,28-38H2,1-8H3,(H,57,69)(H,67,68)/t46-/m1/s1. The summed E-state index contributed by atoms with van der Waals surface area (Å²) in [7, 11) is -8.08. The molecule has 0 unspecified atom stereocenters. The number of carboxylic acid groups (broad SMARTS) is 1. The normalized spacial score (nSPS) is 13.6. The fourth-order valence-electron chi connectivity index (χ4n) is 8.49. The maximum absolute atomic E-state index is 16.3. The number of piperazine rings is 1. The first-order chi connectivity index (χ1) is 38.5. The monoisotopic (exact) mass is 1170 g/mol. The molecular weight excluding hydrogens is 1100 g/mol. The van der Waals surface area contributed by atoms with Gasteiger partial charge in [-0.25, -0.2) is 31.1 Å². The second-order valence-corrected chi connectivity index (χ2v) is 28.9. The number of amides is 3. The number of ether oxygens (including phenoxy) is 4. The van der Waals surface area contributed by atoms with Gasteiger partial charge in [-0.05, 0) is 94.1 Å². The van der Waals surface area contributed by atoms with Crippen LogP contribution in [0.3, 0.4) is 0 Å². The first kappa shape index (κ1) is 61.0. The first-order valence-corrected chi connectivity index (χ1v) is 31.8. The molecule has 0 saturated carbocycles. The number of tetrazole rings is 1. The van der Waals surface area contributed by atoms with Crippen molar-refractivity contribution in [2.75, 3.05) is 72.0 Å². The number of nitrogens with one attached hydrogen (secondary N) is 3. The summed E-state index contributed by atoms with van der Waals surface area (Å²) in [5, 5.41) is 27.7. The predicted molar refractivity (Wildman–Crippen MR) is 304 cm³/mol. The van der Waals surface area contributed by atoms with Gasteiger partial charge in [0.2, 0.25) is 31.8 Å². The highest BCUT2D eigenvalue weighted by atomic mass is 32.2. The van der Waals surface area contributed by atoms with Gasteiger partial charge in [0.15, 0.2) is 8.32 Å². The summed E-state index contributed by atoms with van der Waals surface area (Å²) in [5.74, 6) is 1.03. The lowest BCUT2D eigenvalue weighted by atomic mass is 10.1. The van der Waals surface area contributed by atoms with Gasteiger partial charge in [0.1, 0.15) is 40.2 Å². The number of hydrogen-bond donors (Lipinski definition) is 4. The van der Waals surface area contributed by atoms with Crippen molar-refractivity contribution < 1.29 is 59.7 Å². The molecule has 5 aromatic carbocycles. The Balaban J connectivity index is 1.35. The van der Waals surface area contributed by atoms with Crippen LogP contribution in [0.15, 0.2) is 125 Å². The first-order valence-electron chi connectivity index (χ1n) is 26.0. The number of anilines is 1. The van der Waals surface area contributed by atoms with E-state index in [0.717, 1.165) is 15.4 Å². The van der Waals surface area contributed by atoms with Crippen molar-refractivity contribution in [1.82, 2.24) is 44.8 Å². The van der Waals surface area contributed by atoms with Crippen LogP contribution in [0.2, 0.25) is 18.1 Å². The van der Waals surface area contributed by atoms with Crippen LogP contribution in [0.5, 0.6) is 17.2 Å². The third-order valence-electron chi connectivity index (χ3n) is 14.0. The molecule has 1 saturated heterocycles. The van der Waals surface area contributed by atoms with Gasteiger partial charge in [-0.15, -0.1) is 10.2 Å². The van der Waals surface area contributed by atoms with Crippen LogP contribution in [0, 0.1) is 0 Å². The Morgan fingerprint density at radius 2 is 1.27 bits per heavy atom. The lowest BCUT2D eigenvalue weighted by molar-refractivity contribution is -0.130. The molecule has 1 aliphatic heterocycles. The number of methoxy groups -OCH3 is 3. The van der Waals surface area contributed by atoms with E-state index in [-0.39, 0.29) is 87.6 Å². The fraction of sp³-hybridized carbons (Fsp3) is 0.382. The third-order valence-corrected chi connectivity index (χ3v) is 22.0. The van der Waals surface area contributed by atoms with E-state index in [1.54, 1.807) is 96.9 Å². The van der Waals surface area contributed by atoms with Gasteiger partial charge in [-0.2, -0.15) is 9.10 Å². The van der Waals surface area contributed by atoms with Crippen LogP contribution in [-0.4, -0.2) is 151 Å². The van der Waals surface area contributed by atoms with E-state index in [4.69, 9.17) is 28.5 Å². The van der Waals surface area contributed by atoms with E-state index in [1.165, 1.54) is 31.1 Å². The molecule has 23 nitrogen and oxygen atoms in total. The molecule has 0 bridgehead atoms. The molecule has 81 heavy (non-hydrogen) atoms. The van der Waals surface area contributed by atoms with Crippen molar-refractivity contribution in [3.63, 3.8) is 0 Å². The zero-order valence-electron chi connectivity index (χ0n) is 46.6. The van der Waals surface area contributed by atoms with Crippen LogP contribution < -0.4 is 34.5 Å². The van der Waals surface area contributed by atoms with Crippen LogP contribution in [0.25, 0.3) is 11.4 Å². The average Bonchev–Trinajstić information content (AvgIpc) is 3.99. The summed E-state index contributed by atoms with van der Waals surface area (Å²) >= 11 is 0. The van der Waals surface area contributed by atoms with Crippen LogP contribution in [-0.2, 0) is 60.2 Å². The topological polar surface area (TPSA) is 275 Å². The van der Waals surface area contributed by atoms with Gasteiger partial charge in [0.25, 0.3) is 0 Å². The van der Waals surface area contributed by atoms with Crippen LogP contribution >= 0.6 is 0 Å². The Morgan fingerprint density at radius 1 is 0.716 bits per heavy atom. The van der Waals surface area contributed by atoms with Gasteiger partial charge in [0.05, 0.1) is 39.5 Å². The zero-order valence-corrected chi connectivity index (χ0v) is 49.3. The highest BCUT2D eigenvalue weighted by Gasteiger charge is 2.42. The van der Waals surface area contributed by atoms with Crippen molar-refractivity contribution in [1.29, 1.82) is 0 Å². The molecule has 434 valence electrons. The van der Waals surface area contributed by atoms with Gasteiger partial charge >= 0.3 is 12.2 Å². The van der Waals surface area contributed by atoms with Crippen molar-refractivity contribution in [2.24, 2.45) is 0 Å². The van der Waals surface area contributed by atoms with E-state index >= 15 is 16.8 Å². The number of alkyl carbamates (subject to hydrolysis) is 1. The fourth-order valence-corrected chi connectivity index (χ4v) is 13.3. The second-order valence-electron chi connectivity index (χ2n) is 20.6. The Morgan fingerprint density at radius 3 is 1.80 bits per heavy atom. The number of benzene rings is 5. The zero-order chi connectivity index (χ0) is 58.5. The summed E-state index contributed by atoms with van der Waals surface area (Å²) in [6.07, 6.45) is -3.14.